The maximum atomic E-state index is 12.1. The molecule has 5 nitrogen and oxygen atoms in total. The van der Waals surface area contributed by atoms with Crippen molar-refractivity contribution in [1.82, 2.24) is 15.5 Å². The summed E-state index contributed by atoms with van der Waals surface area (Å²) in [7, 11) is 0. The van der Waals surface area contributed by atoms with Crippen molar-refractivity contribution in [3.63, 3.8) is 0 Å². The molecule has 0 bridgehead atoms. The van der Waals surface area contributed by atoms with Gasteiger partial charge in [-0.25, -0.2) is 0 Å². The second-order valence-corrected chi connectivity index (χ2v) is 6.39. The van der Waals surface area contributed by atoms with Gasteiger partial charge in [0.2, 0.25) is 0 Å². The Morgan fingerprint density at radius 3 is 2.84 bits per heavy atom. The van der Waals surface area contributed by atoms with Crippen molar-refractivity contribution in [2.24, 2.45) is 0 Å². The maximum Gasteiger partial charge on any atom is 0.252 e. The molecule has 1 fully saturated rings. The number of amides is 1. The second kappa shape index (κ2) is 4.96. The van der Waals surface area contributed by atoms with E-state index in [0.717, 1.165) is 24.2 Å². The van der Waals surface area contributed by atoms with E-state index in [2.05, 4.69) is 36.3 Å². The Hall–Kier alpha value is -1.36. The summed E-state index contributed by atoms with van der Waals surface area (Å²) in [5.41, 5.74) is 1.27. The van der Waals surface area contributed by atoms with Crippen molar-refractivity contribution in [3.8, 4) is 0 Å². The Kier molecular flexibility index (Phi) is 3.67. The molecule has 106 valence electrons. The van der Waals surface area contributed by atoms with E-state index in [1.165, 1.54) is 0 Å². The van der Waals surface area contributed by atoms with Crippen LogP contribution in [0.25, 0.3) is 0 Å². The molecule has 1 aromatic heterocycles. The van der Waals surface area contributed by atoms with E-state index in [9.17, 15) is 4.79 Å². The Balaban J connectivity index is 1.92. The van der Waals surface area contributed by atoms with E-state index >= 15 is 0 Å². The summed E-state index contributed by atoms with van der Waals surface area (Å²) in [4.78, 5) is 12.1. The third-order valence-corrected chi connectivity index (χ3v) is 3.54. The molecule has 0 saturated carbocycles. The number of nitrogens with zero attached hydrogens (tertiary/aromatic N) is 1. The molecule has 1 aromatic rings. The topological polar surface area (TPSA) is 67.0 Å². The highest BCUT2D eigenvalue weighted by atomic mass is 16.5. The Morgan fingerprint density at radius 1 is 1.58 bits per heavy atom. The van der Waals surface area contributed by atoms with Gasteiger partial charge in [0.05, 0.1) is 17.9 Å². The molecule has 1 saturated heterocycles. The number of hydrogen-bond donors (Lipinski definition) is 2. The first-order valence-electron chi connectivity index (χ1n) is 6.78. The molecule has 2 N–H and O–H groups in total. The normalized spacial score (nSPS) is 23.6. The first-order chi connectivity index (χ1) is 8.81. The number of aromatic nitrogens is 2. The van der Waals surface area contributed by atoms with E-state index in [0.29, 0.717) is 13.2 Å². The second-order valence-electron chi connectivity index (χ2n) is 6.39. The van der Waals surface area contributed by atoms with Crippen LogP contribution in [0, 0.1) is 0 Å². The van der Waals surface area contributed by atoms with Crippen LogP contribution in [0.5, 0.6) is 0 Å². The Bertz CT molecular complexity index is 454. The van der Waals surface area contributed by atoms with Crippen LogP contribution in [0.2, 0.25) is 0 Å². The molecule has 1 atom stereocenters. The van der Waals surface area contributed by atoms with Gasteiger partial charge in [-0.15, -0.1) is 0 Å². The number of H-pyrrole nitrogens is 1. The van der Waals surface area contributed by atoms with Gasteiger partial charge >= 0.3 is 0 Å². The predicted octanol–water partition coefficient (Wildman–Crippen LogP) is 1.89. The average Bonchev–Trinajstić information content (AvgIpc) is 2.94. The average molecular weight is 265 g/mol. The van der Waals surface area contributed by atoms with Crippen molar-refractivity contribution >= 4 is 5.91 Å². The molecule has 2 heterocycles. The van der Waals surface area contributed by atoms with Crippen LogP contribution in [0.3, 0.4) is 0 Å². The quantitative estimate of drug-likeness (QED) is 0.877. The minimum atomic E-state index is -0.660. The van der Waals surface area contributed by atoms with Crippen LogP contribution in [-0.4, -0.2) is 28.3 Å². The number of nitrogens with one attached hydrogen (secondary N) is 2. The zero-order valence-corrected chi connectivity index (χ0v) is 12.2. The zero-order chi connectivity index (χ0) is 14.1. The number of ether oxygens (including phenoxy) is 1. The fourth-order valence-corrected chi connectivity index (χ4v) is 2.16. The zero-order valence-electron chi connectivity index (χ0n) is 12.2. The summed E-state index contributed by atoms with van der Waals surface area (Å²) < 4.78 is 5.51. The smallest absolute Gasteiger partial charge is 0.252 e. The first-order valence-corrected chi connectivity index (χ1v) is 6.78. The molecule has 1 amide bonds. The first kappa shape index (κ1) is 14.1. The van der Waals surface area contributed by atoms with Gasteiger partial charge in [-0.05, 0) is 25.8 Å². The number of carbonyl (C=O) groups is 1. The Morgan fingerprint density at radius 2 is 2.32 bits per heavy atom. The lowest BCUT2D eigenvalue weighted by atomic mass is 9.92. The molecule has 2 rings (SSSR count). The van der Waals surface area contributed by atoms with Crippen molar-refractivity contribution in [3.05, 3.63) is 17.5 Å². The highest BCUT2D eigenvalue weighted by molar-refractivity contribution is 5.84. The van der Waals surface area contributed by atoms with Crippen LogP contribution in [0.4, 0.5) is 0 Å². The summed E-state index contributed by atoms with van der Waals surface area (Å²) in [6, 6.07) is 2.00. The minimum absolute atomic E-state index is 0.0132. The summed E-state index contributed by atoms with van der Waals surface area (Å²) in [5.74, 6) is -0.0445. The van der Waals surface area contributed by atoms with Gasteiger partial charge in [0, 0.05) is 12.0 Å². The fourth-order valence-electron chi connectivity index (χ4n) is 2.16. The predicted molar refractivity (Wildman–Crippen MR) is 72.7 cm³/mol. The van der Waals surface area contributed by atoms with Gasteiger partial charge < -0.3 is 10.1 Å². The molecular weight excluding hydrogens is 242 g/mol. The fraction of sp³-hybridized carbons (Fsp3) is 0.714. The van der Waals surface area contributed by atoms with Gasteiger partial charge in [0.25, 0.3) is 5.91 Å². The summed E-state index contributed by atoms with van der Waals surface area (Å²) >= 11 is 0. The summed E-state index contributed by atoms with van der Waals surface area (Å²) in [5, 5.41) is 10.1. The summed E-state index contributed by atoms with van der Waals surface area (Å²) in [6.07, 6.45) is 1.73. The van der Waals surface area contributed by atoms with Crippen LogP contribution < -0.4 is 5.32 Å². The van der Waals surface area contributed by atoms with Crippen LogP contribution in [0.15, 0.2) is 6.07 Å². The number of aromatic amines is 1. The molecule has 0 spiro atoms. The van der Waals surface area contributed by atoms with Crippen molar-refractivity contribution in [1.29, 1.82) is 0 Å². The van der Waals surface area contributed by atoms with Crippen LogP contribution in [-0.2, 0) is 21.5 Å². The van der Waals surface area contributed by atoms with Crippen LogP contribution >= 0.6 is 0 Å². The maximum absolute atomic E-state index is 12.1. The molecule has 19 heavy (non-hydrogen) atoms. The van der Waals surface area contributed by atoms with Crippen LogP contribution in [0.1, 0.15) is 51.9 Å². The Labute approximate surface area is 114 Å². The highest BCUT2D eigenvalue weighted by Crippen LogP contribution is 2.25. The largest absolute Gasteiger partial charge is 0.365 e. The molecule has 0 aliphatic carbocycles. The van der Waals surface area contributed by atoms with Crippen molar-refractivity contribution in [2.45, 2.75) is 58.1 Å². The van der Waals surface area contributed by atoms with E-state index in [-0.39, 0.29) is 11.3 Å². The van der Waals surface area contributed by atoms with Gasteiger partial charge in [-0.3, -0.25) is 9.89 Å². The third kappa shape index (κ3) is 3.15. The lowest BCUT2D eigenvalue weighted by Crippen LogP contribution is -2.43. The number of hydrogen-bond acceptors (Lipinski definition) is 3. The van der Waals surface area contributed by atoms with E-state index < -0.39 is 5.60 Å². The summed E-state index contributed by atoms with van der Waals surface area (Å²) in [6.45, 7) is 9.31. The van der Waals surface area contributed by atoms with Gasteiger partial charge in [-0.1, -0.05) is 20.8 Å². The molecule has 0 radical (unpaired) electrons. The van der Waals surface area contributed by atoms with Gasteiger partial charge in [0.15, 0.2) is 0 Å². The van der Waals surface area contributed by atoms with E-state index in [1.807, 2.05) is 13.0 Å². The van der Waals surface area contributed by atoms with E-state index in [4.69, 9.17) is 4.74 Å². The SMILES string of the molecule is CC(C)(C)c1cc(CNC(=O)[C@]2(C)CCCO2)[nH]n1. The van der Waals surface area contributed by atoms with Crippen molar-refractivity contribution < 1.29 is 9.53 Å². The molecule has 5 heteroatoms. The molecule has 1 aliphatic heterocycles. The van der Waals surface area contributed by atoms with Gasteiger partial charge in [-0.2, -0.15) is 5.10 Å². The standard InChI is InChI=1S/C14H23N3O2/c1-13(2,3)11-8-10(16-17-11)9-15-12(18)14(4)6-5-7-19-14/h8H,5-7,9H2,1-4H3,(H,15,18)(H,16,17)/t14-/m0/s1. The van der Waals surface area contributed by atoms with E-state index in [1.54, 1.807) is 0 Å². The minimum Gasteiger partial charge on any atom is -0.365 e. The molecular formula is C14H23N3O2. The molecule has 1 aliphatic rings. The van der Waals surface area contributed by atoms with Gasteiger partial charge in [0.1, 0.15) is 5.60 Å². The lowest BCUT2D eigenvalue weighted by Gasteiger charge is -2.21. The number of rotatable bonds is 3. The third-order valence-electron chi connectivity index (χ3n) is 3.54. The van der Waals surface area contributed by atoms with Crippen molar-refractivity contribution in [2.75, 3.05) is 6.61 Å². The molecule has 0 unspecified atom stereocenters. The molecule has 0 aromatic carbocycles. The number of carbonyl (C=O) groups excluding carboxylic acids is 1. The lowest BCUT2D eigenvalue weighted by molar-refractivity contribution is -0.139. The highest BCUT2D eigenvalue weighted by Gasteiger charge is 2.37. The monoisotopic (exact) mass is 265 g/mol.